The van der Waals surface area contributed by atoms with Crippen LogP contribution < -0.4 is 5.32 Å². The Morgan fingerprint density at radius 2 is 1.83 bits per heavy atom. The van der Waals surface area contributed by atoms with E-state index in [1.165, 1.54) is 31.4 Å². The smallest absolute Gasteiger partial charge is 0.345 e. The lowest BCUT2D eigenvalue weighted by molar-refractivity contribution is -0.385. The van der Waals surface area contributed by atoms with E-state index in [-0.39, 0.29) is 28.0 Å². The fourth-order valence-electron chi connectivity index (χ4n) is 6.18. The van der Waals surface area contributed by atoms with Crippen molar-refractivity contribution >= 4 is 29.2 Å². The van der Waals surface area contributed by atoms with Crippen LogP contribution in [0.2, 0.25) is 5.02 Å². The molecule has 0 radical (unpaired) electrons. The third-order valence-electron chi connectivity index (χ3n) is 7.09. The van der Waals surface area contributed by atoms with Crippen molar-refractivity contribution in [2.24, 2.45) is 23.2 Å². The summed E-state index contributed by atoms with van der Waals surface area (Å²) >= 11 is 5.84. The first-order valence-corrected chi connectivity index (χ1v) is 10.5. The van der Waals surface area contributed by atoms with Gasteiger partial charge in [-0.05, 0) is 80.8 Å². The van der Waals surface area contributed by atoms with Crippen LogP contribution in [0.3, 0.4) is 0 Å². The Kier molecular flexibility index (Phi) is 5.27. The van der Waals surface area contributed by atoms with Crippen LogP contribution in [0.4, 0.5) is 5.69 Å². The monoisotopic (exact) mass is 420 g/mol. The molecular weight excluding hydrogens is 396 g/mol. The van der Waals surface area contributed by atoms with Gasteiger partial charge in [-0.2, -0.15) is 0 Å². The van der Waals surface area contributed by atoms with Gasteiger partial charge in [-0.25, -0.2) is 4.79 Å². The zero-order valence-electron chi connectivity index (χ0n) is 16.4. The Morgan fingerprint density at radius 3 is 2.38 bits per heavy atom. The van der Waals surface area contributed by atoms with E-state index in [1.807, 2.05) is 0 Å². The Bertz CT molecular complexity index is 820. The lowest BCUT2D eigenvalue weighted by Gasteiger charge is -2.59. The van der Waals surface area contributed by atoms with E-state index >= 15 is 0 Å². The number of hydrogen-bond donors (Lipinski definition) is 1. The number of esters is 1. The summed E-state index contributed by atoms with van der Waals surface area (Å²) in [6.07, 6.45) is 7.47. The van der Waals surface area contributed by atoms with Crippen LogP contribution >= 0.6 is 11.6 Å². The van der Waals surface area contributed by atoms with Crippen molar-refractivity contribution < 1.29 is 19.2 Å². The Hall–Kier alpha value is -2.15. The number of amides is 1. The van der Waals surface area contributed by atoms with Crippen LogP contribution in [0.15, 0.2) is 18.2 Å². The maximum absolute atomic E-state index is 12.4. The van der Waals surface area contributed by atoms with E-state index in [4.69, 9.17) is 16.3 Å². The minimum atomic E-state index is -0.934. The van der Waals surface area contributed by atoms with Crippen molar-refractivity contribution in [1.82, 2.24) is 5.32 Å². The SMILES string of the molecule is CC(NC(=O)COC(=O)c1cc(Cl)ccc1[N+](=O)[O-])C12CC3CC(CC(C3)C1)C2. The maximum atomic E-state index is 12.4. The first-order chi connectivity index (χ1) is 13.8. The lowest BCUT2D eigenvalue weighted by Crippen LogP contribution is -2.56. The maximum Gasteiger partial charge on any atom is 0.345 e. The number of nitrogens with one attached hydrogen (secondary N) is 1. The van der Waals surface area contributed by atoms with Gasteiger partial charge in [0.25, 0.3) is 11.6 Å². The van der Waals surface area contributed by atoms with Crippen LogP contribution in [-0.2, 0) is 9.53 Å². The number of ether oxygens (including phenoxy) is 1. The predicted molar refractivity (Wildman–Crippen MR) is 107 cm³/mol. The zero-order valence-corrected chi connectivity index (χ0v) is 17.1. The standard InChI is InChI=1S/C21H25ClN2O5/c1-12(21-8-13-4-14(9-21)6-15(5-13)10-21)23-19(25)11-29-20(26)17-7-16(22)2-3-18(17)24(27)28/h2-3,7,12-15H,4-6,8-11H2,1H3,(H,23,25). The van der Waals surface area contributed by atoms with Gasteiger partial charge in [0.2, 0.25) is 0 Å². The van der Waals surface area contributed by atoms with Crippen LogP contribution in [0, 0.1) is 33.3 Å². The fourth-order valence-corrected chi connectivity index (χ4v) is 6.36. The molecular formula is C21H25ClN2O5. The highest BCUT2D eigenvalue weighted by atomic mass is 35.5. The fraction of sp³-hybridized carbons (Fsp3) is 0.619. The number of rotatable bonds is 6. The van der Waals surface area contributed by atoms with Crippen LogP contribution in [0.25, 0.3) is 0 Å². The normalized spacial score (nSPS) is 30.6. The first kappa shape index (κ1) is 20.1. The van der Waals surface area contributed by atoms with Crippen molar-refractivity contribution in [1.29, 1.82) is 0 Å². The second kappa shape index (κ2) is 7.59. The third kappa shape index (κ3) is 3.97. The molecule has 4 aliphatic rings. The predicted octanol–water partition coefficient (Wildman–Crippen LogP) is 4.13. The minimum absolute atomic E-state index is 0.0163. The molecule has 4 aliphatic carbocycles. The number of nitro groups is 1. The first-order valence-electron chi connectivity index (χ1n) is 10.2. The van der Waals surface area contributed by atoms with Crippen molar-refractivity contribution in [2.75, 3.05) is 6.61 Å². The topological polar surface area (TPSA) is 98.5 Å². The van der Waals surface area contributed by atoms with Gasteiger partial charge in [-0.3, -0.25) is 14.9 Å². The number of benzene rings is 1. The quantitative estimate of drug-likeness (QED) is 0.424. The number of hydrogen-bond acceptors (Lipinski definition) is 5. The highest BCUT2D eigenvalue weighted by Gasteiger charge is 2.53. The number of carbonyl (C=O) groups is 2. The molecule has 1 amide bonds. The van der Waals surface area contributed by atoms with Crippen molar-refractivity contribution in [3.05, 3.63) is 38.9 Å². The molecule has 4 saturated carbocycles. The molecule has 1 aromatic rings. The molecule has 0 heterocycles. The Balaban J connectivity index is 1.35. The molecule has 1 N–H and O–H groups in total. The summed E-state index contributed by atoms with van der Waals surface area (Å²) in [6, 6.07) is 3.67. The van der Waals surface area contributed by atoms with E-state index in [0.29, 0.717) is 0 Å². The summed E-state index contributed by atoms with van der Waals surface area (Å²) in [5.74, 6) is 1.02. The van der Waals surface area contributed by atoms with Crippen LogP contribution in [-0.4, -0.2) is 29.4 Å². The van der Waals surface area contributed by atoms with E-state index in [9.17, 15) is 19.7 Å². The minimum Gasteiger partial charge on any atom is -0.452 e. The van der Waals surface area contributed by atoms with Crippen molar-refractivity contribution in [2.45, 2.75) is 51.5 Å². The molecule has 0 aliphatic heterocycles. The Morgan fingerprint density at radius 1 is 1.24 bits per heavy atom. The van der Waals surface area contributed by atoms with Gasteiger partial charge in [-0.1, -0.05) is 11.6 Å². The molecule has 8 heteroatoms. The average Bonchev–Trinajstić information content (AvgIpc) is 2.64. The van der Waals surface area contributed by atoms with Gasteiger partial charge >= 0.3 is 5.97 Å². The average molecular weight is 421 g/mol. The highest BCUT2D eigenvalue weighted by molar-refractivity contribution is 6.31. The van der Waals surface area contributed by atoms with Gasteiger partial charge < -0.3 is 10.1 Å². The van der Waals surface area contributed by atoms with Crippen LogP contribution in [0.1, 0.15) is 55.8 Å². The molecule has 1 aromatic carbocycles. The number of nitro benzene ring substituents is 1. The molecule has 0 saturated heterocycles. The molecule has 156 valence electrons. The molecule has 4 fully saturated rings. The van der Waals surface area contributed by atoms with Gasteiger partial charge in [0.05, 0.1) is 4.92 Å². The molecule has 1 atom stereocenters. The summed E-state index contributed by atoms with van der Waals surface area (Å²) in [5.41, 5.74) is -0.508. The number of nitrogens with zero attached hydrogens (tertiary/aromatic N) is 1. The molecule has 4 bridgehead atoms. The molecule has 7 nitrogen and oxygen atoms in total. The van der Waals surface area contributed by atoms with E-state index in [2.05, 4.69) is 12.2 Å². The summed E-state index contributed by atoms with van der Waals surface area (Å²) in [5, 5.41) is 14.3. The summed E-state index contributed by atoms with van der Waals surface area (Å²) < 4.78 is 5.04. The molecule has 0 spiro atoms. The number of carbonyl (C=O) groups excluding carboxylic acids is 2. The van der Waals surface area contributed by atoms with E-state index in [1.54, 1.807) is 0 Å². The second-order valence-corrected chi connectivity index (χ2v) is 9.50. The van der Waals surface area contributed by atoms with Crippen molar-refractivity contribution in [3.8, 4) is 0 Å². The molecule has 0 aromatic heterocycles. The summed E-state index contributed by atoms with van der Waals surface area (Å²) in [7, 11) is 0. The highest BCUT2D eigenvalue weighted by Crippen LogP contribution is 2.61. The van der Waals surface area contributed by atoms with Gasteiger partial charge in [0.1, 0.15) is 5.56 Å². The summed E-state index contributed by atoms with van der Waals surface area (Å²) in [4.78, 5) is 35.1. The zero-order chi connectivity index (χ0) is 20.8. The van der Waals surface area contributed by atoms with Gasteiger partial charge in [0.15, 0.2) is 6.61 Å². The molecule has 29 heavy (non-hydrogen) atoms. The Labute approximate surface area is 174 Å². The lowest BCUT2D eigenvalue weighted by atomic mass is 9.48. The van der Waals surface area contributed by atoms with Gasteiger partial charge in [-0.15, -0.1) is 0 Å². The second-order valence-electron chi connectivity index (χ2n) is 9.06. The van der Waals surface area contributed by atoms with Crippen LogP contribution in [0.5, 0.6) is 0 Å². The number of halogens is 1. The van der Waals surface area contributed by atoms with E-state index in [0.717, 1.165) is 43.1 Å². The molecule has 5 rings (SSSR count). The van der Waals surface area contributed by atoms with E-state index < -0.39 is 23.2 Å². The van der Waals surface area contributed by atoms with Gasteiger partial charge in [0, 0.05) is 17.1 Å². The third-order valence-corrected chi connectivity index (χ3v) is 7.33. The largest absolute Gasteiger partial charge is 0.452 e. The van der Waals surface area contributed by atoms with Crippen molar-refractivity contribution in [3.63, 3.8) is 0 Å². The summed E-state index contributed by atoms with van der Waals surface area (Å²) in [6.45, 7) is 1.58. The molecule has 1 unspecified atom stereocenters.